The zero-order valence-corrected chi connectivity index (χ0v) is 19.0. The summed E-state index contributed by atoms with van der Waals surface area (Å²) >= 11 is 0. The van der Waals surface area contributed by atoms with Crippen LogP contribution in [0, 0.1) is 0 Å². The van der Waals surface area contributed by atoms with Crippen molar-refractivity contribution in [2.75, 3.05) is 41.8 Å². The lowest BCUT2D eigenvalue weighted by molar-refractivity contribution is 0.102. The largest absolute Gasteiger partial charge is 0.378 e. The predicted molar refractivity (Wildman–Crippen MR) is 136 cm³/mol. The molecule has 1 saturated heterocycles. The van der Waals surface area contributed by atoms with E-state index >= 15 is 0 Å². The lowest BCUT2D eigenvalue weighted by atomic mass is 10.0. The monoisotopic (exact) mass is 467 g/mol. The molecule has 0 saturated carbocycles. The highest BCUT2D eigenvalue weighted by atomic mass is 16.5. The molecular weight excluding hydrogens is 442 g/mol. The Labute approximate surface area is 202 Å². The number of carbonyl (C=O) groups excluding carboxylic acids is 2. The Balaban J connectivity index is 1.19. The zero-order valence-electron chi connectivity index (χ0n) is 19.0. The van der Waals surface area contributed by atoms with Crippen molar-refractivity contribution in [3.63, 3.8) is 0 Å². The molecule has 0 radical (unpaired) electrons. The second-order valence-electron chi connectivity index (χ2n) is 8.18. The Kier molecular flexibility index (Phi) is 6.54. The summed E-state index contributed by atoms with van der Waals surface area (Å²) in [4.78, 5) is 27.3. The lowest BCUT2D eigenvalue weighted by Gasteiger charge is -2.28. The van der Waals surface area contributed by atoms with E-state index in [4.69, 9.17) is 4.74 Å². The van der Waals surface area contributed by atoms with E-state index in [1.165, 1.54) is 11.9 Å². The van der Waals surface area contributed by atoms with Crippen molar-refractivity contribution in [3.05, 3.63) is 102 Å². The van der Waals surface area contributed by atoms with E-state index in [-0.39, 0.29) is 11.7 Å². The molecule has 4 aromatic rings. The summed E-state index contributed by atoms with van der Waals surface area (Å²) in [7, 11) is 0. The van der Waals surface area contributed by atoms with E-state index in [1.807, 2.05) is 12.1 Å². The van der Waals surface area contributed by atoms with E-state index in [9.17, 15) is 9.59 Å². The summed E-state index contributed by atoms with van der Waals surface area (Å²) in [6, 6.07) is 24.1. The van der Waals surface area contributed by atoms with Crippen molar-refractivity contribution in [2.24, 2.45) is 0 Å². The summed E-state index contributed by atoms with van der Waals surface area (Å²) in [6.45, 7) is 3.34. The van der Waals surface area contributed by atoms with E-state index < -0.39 is 0 Å². The number of aromatic nitrogens is 2. The van der Waals surface area contributed by atoms with Gasteiger partial charge in [-0.2, -0.15) is 5.10 Å². The number of aromatic amines is 1. The van der Waals surface area contributed by atoms with Gasteiger partial charge in [0.1, 0.15) is 5.69 Å². The highest BCUT2D eigenvalue weighted by Gasteiger charge is 2.12. The smallest absolute Gasteiger partial charge is 0.273 e. The molecule has 1 amide bonds. The van der Waals surface area contributed by atoms with Gasteiger partial charge < -0.3 is 20.3 Å². The van der Waals surface area contributed by atoms with Crippen LogP contribution in [0.1, 0.15) is 26.4 Å². The van der Waals surface area contributed by atoms with Gasteiger partial charge in [0, 0.05) is 53.2 Å². The van der Waals surface area contributed by atoms with E-state index in [2.05, 4.69) is 50.0 Å². The minimum atomic E-state index is -0.291. The first-order valence-corrected chi connectivity index (χ1v) is 11.4. The van der Waals surface area contributed by atoms with Crippen LogP contribution in [0.15, 0.2) is 85.1 Å². The average molecular weight is 468 g/mol. The lowest BCUT2D eigenvalue weighted by Crippen LogP contribution is -2.36. The average Bonchev–Trinajstić information content (AvgIpc) is 3.46. The molecule has 1 aliphatic rings. The van der Waals surface area contributed by atoms with Gasteiger partial charge in [-0.3, -0.25) is 14.7 Å². The number of nitrogens with zero attached hydrogens (tertiary/aromatic N) is 2. The van der Waals surface area contributed by atoms with Crippen molar-refractivity contribution >= 4 is 34.4 Å². The standard InChI is InChI=1S/C27H25N5O3/c33-26(20-3-7-23(8-4-20)30-27(34)25-13-14-28-31-25)19-1-5-21(6-2-19)29-22-9-11-24(12-10-22)32-15-17-35-18-16-32/h1-14,29H,15-18H2,(H,28,31)(H,30,34). The molecule has 0 bridgehead atoms. The number of H-pyrrole nitrogens is 1. The maximum Gasteiger partial charge on any atom is 0.273 e. The van der Waals surface area contributed by atoms with Crippen LogP contribution in [0.25, 0.3) is 0 Å². The molecule has 35 heavy (non-hydrogen) atoms. The minimum absolute atomic E-state index is 0.0853. The number of benzene rings is 3. The third-order valence-corrected chi connectivity index (χ3v) is 5.83. The summed E-state index contributed by atoms with van der Waals surface area (Å²) in [5, 5.41) is 12.5. The number of hydrogen-bond donors (Lipinski definition) is 3. The molecule has 1 fully saturated rings. The summed E-state index contributed by atoms with van der Waals surface area (Å²) in [6.07, 6.45) is 1.51. The summed E-state index contributed by atoms with van der Waals surface area (Å²) in [5.74, 6) is -0.377. The fraction of sp³-hybridized carbons (Fsp3) is 0.148. The Bertz CT molecular complexity index is 1280. The van der Waals surface area contributed by atoms with Crippen molar-refractivity contribution in [3.8, 4) is 0 Å². The molecule has 3 N–H and O–H groups in total. The van der Waals surface area contributed by atoms with Gasteiger partial charge in [0.2, 0.25) is 0 Å². The van der Waals surface area contributed by atoms with Gasteiger partial charge in [0.25, 0.3) is 5.91 Å². The molecule has 2 heterocycles. The van der Waals surface area contributed by atoms with Crippen molar-refractivity contribution in [2.45, 2.75) is 0 Å². The second kappa shape index (κ2) is 10.2. The van der Waals surface area contributed by atoms with E-state index in [0.29, 0.717) is 22.5 Å². The van der Waals surface area contributed by atoms with Crippen LogP contribution in [-0.4, -0.2) is 48.2 Å². The topological polar surface area (TPSA) is 99.3 Å². The molecule has 1 aromatic heterocycles. The number of nitrogens with one attached hydrogen (secondary N) is 3. The molecule has 8 heteroatoms. The number of amides is 1. The van der Waals surface area contributed by atoms with Crippen LogP contribution in [0.5, 0.6) is 0 Å². The Morgan fingerprint density at radius 1 is 0.771 bits per heavy atom. The van der Waals surface area contributed by atoms with Gasteiger partial charge in [-0.1, -0.05) is 0 Å². The number of carbonyl (C=O) groups is 2. The molecule has 0 aliphatic carbocycles. The molecule has 0 spiro atoms. The third kappa shape index (κ3) is 5.39. The first-order valence-electron chi connectivity index (χ1n) is 11.4. The van der Waals surface area contributed by atoms with Crippen LogP contribution in [0.3, 0.4) is 0 Å². The minimum Gasteiger partial charge on any atom is -0.378 e. The number of ketones is 1. The zero-order chi connectivity index (χ0) is 24.0. The molecule has 3 aromatic carbocycles. The molecule has 0 unspecified atom stereocenters. The SMILES string of the molecule is O=C(c1ccc(NC(=O)c2ccn[nH]2)cc1)c1ccc(Nc2ccc(N3CCOCC3)cc2)cc1. The number of morpholine rings is 1. The fourth-order valence-corrected chi connectivity index (χ4v) is 3.90. The highest BCUT2D eigenvalue weighted by molar-refractivity contribution is 6.09. The van der Waals surface area contributed by atoms with Crippen molar-refractivity contribution < 1.29 is 14.3 Å². The van der Waals surface area contributed by atoms with Gasteiger partial charge in [-0.05, 0) is 78.9 Å². The maximum absolute atomic E-state index is 12.9. The molecule has 5 rings (SSSR count). The van der Waals surface area contributed by atoms with Gasteiger partial charge in [-0.15, -0.1) is 0 Å². The van der Waals surface area contributed by atoms with Gasteiger partial charge >= 0.3 is 0 Å². The number of anilines is 4. The molecule has 176 valence electrons. The van der Waals surface area contributed by atoms with Gasteiger partial charge in [-0.25, -0.2) is 0 Å². The van der Waals surface area contributed by atoms with Crippen LogP contribution >= 0.6 is 0 Å². The van der Waals surface area contributed by atoms with Crippen molar-refractivity contribution in [1.82, 2.24) is 10.2 Å². The molecule has 0 atom stereocenters. The first kappa shape index (κ1) is 22.4. The van der Waals surface area contributed by atoms with Gasteiger partial charge in [0.05, 0.1) is 13.2 Å². The predicted octanol–water partition coefficient (Wildman–Crippen LogP) is 4.47. The number of ether oxygens (including phenoxy) is 1. The Morgan fingerprint density at radius 2 is 1.34 bits per heavy atom. The number of hydrogen-bond acceptors (Lipinski definition) is 6. The van der Waals surface area contributed by atoms with Crippen LogP contribution < -0.4 is 15.5 Å². The van der Waals surface area contributed by atoms with Crippen LogP contribution in [0.2, 0.25) is 0 Å². The van der Waals surface area contributed by atoms with Crippen molar-refractivity contribution in [1.29, 1.82) is 0 Å². The summed E-state index contributed by atoms with van der Waals surface area (Å²) in [5.41, 5.74) is 5.17. The normalized spacial score (nSPS) is 13.3. The fourth-order valence-electron chi connectivity index (χ4n) is 3.90. The third-order valence-electron chi connectivity index (χ3n) is 5.83. The Morgan fingerprint density at radius 3 is 1.91 bits per heavy atom. The van der Waals surface area contributed by atoms with Crippen LogP contribution in [0.4, 0.5) is 22.7 Å². The molecule has 8 nitrogen and oxygen atoms in total. The van der Waals surface area contributed by atoms with E-state index in [1.54, 1.807) is 42.5 Å². The number of rotatable bonds is 7. The first-order chi connectivity index (χ1) is 17.2. The summed E-state index contributed by atoms with van der Waals surface area (Å²) < 4.78 is 5.41. The van der Waals surface area contributed by atoms with Crippen LogP contribution in [-0.2, 0) is 4.74 Å². The maximum atomic E-state index is 12.9. The second-order valence-corrected chi connectivity index (χ2v) is 8.18. The van der Waals surface area contributed by atoms with Gasteiger partial charge in [0.15, 0.2) is 5.78 Å². The molecule has 1 aliphatic heterocycles. The highest BCUT2D eigenvalue weighted by Crippen LogP contribution is 2.23. The van der Waals surface area contributed by atoms with E-state index in [0.717, 1.165) is 37.7 Å². The molecular formula is C27H25N5O3. The Hall–Kier alpha value is -4.43. The quantitative estimate of drug-likeness (QED) is 0.347.